The van der Waals surface area contributed by atoms with Crippen LogP contribution in [-0.2, 0) is 14.1 Å². The van der Waals surface area contributed by atoms with Gasteiger partial charge in [0.15, 0.2) is 11.1 Å². The van der Waals surface area contributed by atoms with Gasteiger partial charge in [0, 0.05) is 14.1 Å². The molecule has 0 amide bonds. The summed E-state index contributed by atoms with van der Waals surface area (Å²) in [6.45, 7) is 1.70. The van der Waals surface area contributed by atoms with Gasteiger partial charge in [-0.15, -0.1) is 0 Å². The maximum absolute atomic E-state index is 11.7. The lowest BCUT2D eigenvalue weighted by atomic mass is 10.4. The van der Waals surface area contributed by atoms with Crippen molar-refractivity contribution >= 4 is 11.2 Å². The Bertz CT molecular complexity index is 773. The van der Waals surface area contributed by atoms with Crippen LogP contribution >= 0.6 is 0 Å². The molecule has 0 saturated carbocycles. The van der Waals surface area contributed by atoms with Gasteiger partial charge in [-0.1, -0.05) is 5.92 Å². The number of rotatable bonds is 0. The van der Waals surface area contributed by atoms with Crippen LogP contribution in [0.25, 0.3) is 11.2 Å². The molecule has 86 valence electrons. The fourth-order valence-corrected chi connectivity index (χ4v) is 1.55. The lowest BCUT2D eigenvalue weighted by molar-refractivity contribution is 0.686. The van der Waals surface area contributed by atoms with Crippen molar-refractivity contribution < 1.29 is 0 Å². The fraction of sp³-hybridized carbons (Fsp3) is 0.273. The minimum Gasteiger partial charge on any atom is -0.282 e. The third-order valence-corrected chi connectivity index (χ3v) is 2.46. The zero-order valence-electron chi connectivity index (χ0n) is 9.77. The van der Waals surface area contributed by atoms with E-state index in [0.29, 0.717) is 16.9 Å². The summed E-state index contributed by atoms with van der Waals surface area (Å²) in [5, 5.41) is 7.85. The molecule has 2 aromatic rings. The van der Waals surface area contributed by atoms with Crippen LogP contribution in [0.5, 0.6) is 0 Å². The van der Waals surface area contributed by atoms with Crippen molar-refractivity contribution in [3.63, 3.8) is 0 Å². The van der Waals surface area contributed by atoms with Gasteiger partial charge in [-0.2, -0.15) is 0 Å². The predicted octanol–water partition coefficient (Wildman–Crippen LogP) is -0.482. The lowest BCUT2D eigenvalue weighted by Crippen LogP contribution is -2.37. The molecule has 0 radical (unpaired) electrons. The van der Waals surface area contributed by atoms with Crippen molar-refractivity contribution in [3.8, 4) is 11.8 Å². The van der Waals surface area contributed by atoms with Gasteiger partial charge in [0.05, 0.1) is 6.20 Å². The summed E-state index contributed by atoms with van der Waals surface area (Å²) >= 11 is 0. The molecule has 2 rings (SSSR count). The van der Waals surface area contributed by atoms with Crippen molar-refractivity contribution in [3.05, 3.63) is 27.9 Å². The van der Waals surface area contributed by atoms with Crippen LogP contribution in [-0.4, -0.2) is 19.1 Å². The lowest BCUT2D eigenvalue weighted by Gasteiger charge is -2.06. The first kappa shape index (κ1) is 11.1. The summed E-state index contributed by atoms with van der Waals surface area (Å²) in [6.07, 6.45) is 1.50. The van der Waals surface area contributed by atoms with E-state index in [2.05, 4.69) is 21.8 Å². The second-order valence-corrected chi connectivity index (χ2v) is 3.55. The van der Waals surface area contributed by atoms with E-state index in [9.17, 15) is 4.79 Å². The summed E-state index contributed by atoms with van der Waals surface area (Å²) < 4.78 is 2.59. The molecule has 0 unspecified atom stereocenters. The first-order valence-electron chi connectivity index (χ1n) is 4.96. The molecule has 0 spiro atoms. The molecule has 0 saturated heterocycles. The summed E-state index contributed by atoms with van der Waals surface area (Å²) in [6, 6.07) is 0. The van der Waals surface area contributed by atoms with Crippen LogP contribution < -0.4 is 11.2 Å². The molecular weight excluding hydrogens is 218 g/mol. The van der Waals surface area contributed by atoms with Crippen molar-refractivity contribution in [2.75, 3.05) is 0 Å². The fourth-order valence-electron chi connectivity index (χ4n) is 1.55. The Morgan fingerprint density at radius 3 is 2.71 bits per heavy atom. The van der Waals surface area contributed by atoms with Crippen LogP contribution in [0.3, 0.4) is 0 Å². The minimum atomic E-state index is -0.300. The molecule has 0 bridgehead atoms. The third-order valence-electron chi connectivity index (χ3n) is 2.46. The van der Waals surface area contributed by atoms with Crippen molar-refractivity contribution in [1.29, 1.82) is 5.41 Å². The van der Waals surface area contributed by atoms with Crippen LogP contribution in [0.2, 0.25) is 0 Å². The number of fused-ring (bicyclic) bond motifs is 1. The molecule has 1 N–H and O–H groups in total. The molecule has 2 aromatic heterocycles. The molecule has 6 nitrogen and oxygen atoms in total. The third kappa shape index (κ3) is 1.61. The maximum atomic E-state index is 11.7. The number of aromatic nitrogens is 4. The van der Waals surface area contributed by atoms with E-state index in [1.165, 1.54) is 22.4 Å². The highest BCUT2D eigenvalue weighted by atomic mass is 16.1. The molecule has 17 heavy (non-hydrogen) atoms. The Kier molecular flexibility index (Phi) is 2.52. The van der Waals surface area contributed by atoms with Gasteiger partial charge in [-0.25, -0.2) is 14.8 Å². The Morgan fingerprint density at radius 1 is 1.35 bits per heavy atom. The van der Waals surface area contributed by atoms with E-state index in [-0.39, 0.29) is 11.2 Å². The second-order valence-electron chi connectivity index (χ2n) is 3.55. The topological polar surface area (TPSA) is 76.6 Å². The average Bonchev–Trinajstić information content (AvgIpc) is 2.34. The zero-order chi connectivity index (χ0) is 12.6. The van der Waals surface area contributed by atoms with Crippen LogP contribution in [0, 0.1) is 17.3 Å². The van der Waals surface area contributed by atoms with E-state index in [1.54, 1.807) is 14.0 Å². The molecule has 0 aliphatic carbocycles. The minimum absolute atomic E-state index is 0.0374. The van der Waals surface area contributed by atoms with Gasteiger partial charge >= 0.3 is 5.69 Å². The summed E-state index contributed by atoms with van der Waals surface area (Å²) in [4.78, 5) is 20.1. The number of hydrogen-bond acceptors (Lipinski definition) is 4. The number of aryl methyl sites for hydroxylation is 1. The zero-order valence-corrected chi connectivity index (χ0v) is 9.77. The molecule has 0 aliphatic rings. The normalized spacial score (nSPS) is 10.1. The van der Waals surface area contributed by atoms with E-state index >= 15 is 0 Å². The molecule has 6 heteroatoms. The molecule has 0 fully saturated rings. The van der Waals surface area contributed by atoms with Crippen LogP contribution in [0.4, 0.5) is 0 Å². The van der Waals surface area contributed by atoms with E-state index < -0.39 is 0 Å². The van der Waals surface area contributed by atoms with E-state index in [1.807, 2.05) is 0 Å². The summed E-state index contributed by atoms with van der Waals surface area (Å²) in [7, 11) is 3.13. The molecule has 2 heterocycles. The van der Waals surface area contributed by atoms with Crippen molar-refractivity contribution in [2.45, 2.75) is 6.92 Å². The smallest absolute Gasteiger partial charge is 0.282 e. The van der Waals surface area contributed by atoms with E-state index in [0.717, 1.165) is 0 Å². The van der Waals surface area contributed by atoms with Crippen molar-refractivity contribution in [1.82, 2.24) is 19.1 Å². The predicted molar refractivity (Wildman–Crippen MR) is 62.2 cm³/mol. The Balaban J connectivity index is 3.00. The second kappa shape index (κ2) is 3.87. The van der Waals surface area contributed by atoms with Gasteiger partial charge < -0.3 is 0 Å². The highest BCUT2D eigenvalue weighted by Gasteiger charge is 2.08. The average molecular weight is 229 g/mol. The number of nitrogens with zero attached hydrogens (tertiary/aromatic N) is 4. The first-order valence-corrected chi connectivity index (χ1v) is 4.96. The van der Waals surface area contributed by atoms with Crippen LogP contribution in [0.15, 0.2) is 11.0 Å². The van der Waals surface area contributed by atoms with Gasteiger partial charge in [0.2, 0.25) is 0 Å². The maximum Gasteiger partial charge on any atom is 0.330 e. The standard InChI is InChI=1S/C11H11N5O/c1-4-5-7-6-13-10-8(14-7)9(12)15(2)11(17)16(10)3/h6,12H,1-3H3. The highest BCUT2D eigenvalue weighted by molar-refractivity contribution is 5.68. The van der Waals surface area contributed by atoms with Gasteiger partial charge in [-0.3, -0.25) is 14.5 Å². The molecular formula is C11H11N5O. The largest absolute Gasteiger partial charge is 0.330 e. The highest BCUT2D eigenvalue weighted by Crippen LogP contribution is 2.00. The van der Waals surface area contributed by atoms with Gasteiger partial charge in [0.1, 0.15) is 11.2 Å². The Labute approximate surface area is 97.1 Å². The summed E-state index contributed by atoms with van der Waals surface area (Å²) in [5.74, 6) is 5.50. The van der Waals surface area contributed by atoms with Gasteiger partial charge in [0.25, 0.3) is 0 Å². The quantitative estimate of drug-likeness (QED) is 0.620. The molecule has 0 aliphatic heterocycles. The van der Waals surface area contributed by atoms with Gasteiger partial charge in [-0.05, 0) is 12.8 Å². The first-order chi connectivity index (χ1) is 8.06. The van der Waals surface area contributed by atoms with E-state index in [4.69, 9.17) is 5.41 Å². The number of nitrogens with one attached hydrogen (secondary N) is 1. The molecule has 0 aromatic carbocycles. The number of hydrogen-bond donors (Lipinski definition) is 1. The Morgan fingerprint density at radius 2 is 2.06 bits per heavy atom. The SMILES string of the molecule is CC#Cc1cnc2c(n1)c(=N)n(C)c(=O)n2C. The Hall–Kier alpha value is -2.42. The monoisotopic (exact) mass is 229 g/mol. The van der Waals surface area contributed by atoms with Crippen LogP contribution in [0.1, 0.15) is 12.6 Å². The summed E-state index contributed by atoms with van der Waals surface area (Å²) in [5.41, 5.74) is 0.989. The van der Waals surface area contributed by atoms with Crippen molar-refractivity contribution in [2.24, 2.45) is 14.1 Å². The molecule has 0 atom stereocenters.